The molecular formula is C31H34ClNO4. The van der Waals surface area contributed by atoms with E-state index in [1.807, 2.05) is 42.5 Å². The number of hydrogen-bond acceptors (Lipinski definition) is 5. The molecule has 37 heavy (non-hydrogen) atoms. The number of Topliss-reactive ketones (excluding diaryl/α,β-unsaturated/α-hetero) is 2. The third-order valence-corrected chi connectivity index (χ3v) is 7.95. The molecule has 1 N–H and O–H groups in total. The molecule has 0 saturated heterocycles. The van der Waals surface area contributed by atoms with Crippen LogP contribution in [0.15, 0.2) is 65.0 Å². The number of allylic oxidation sites excluding steroid dienone is 4. The van der Waals surface area contributed by atoms with Gasteiger partial charge in [-0.25, -0.2) is 0 Å². The fourth-order valence-electron chi connectivity index (χ4n) is 5.98. The van der Waals surface area contributed by atoms with Crippen LogP contribution in [0.4, 0.5) is 0 Å². The Morgan fingerprint density at radius 1 is 0.865 bits per heavy atom. The first-order chi connectivity index (χ1) is 17.5. The molecule has 0 fully saturated rings. The fraction of sp³-hybridized carbons (Fsp3) is 0.419. The van der Waals surface area contributed by atoms with Crippen LogP contribution >= 0.6 is 11.6 Å². The van der Waals surface area contributed by atoms with Crippen molar-refractivity contribution in [2.75, 3.05) is 7.11 Å². The third kappa shape index (κ3) is 4.94. The number of benzene rings is 2. The van der Waals surface area contributed by atoms with Crippen LogP contribution in [0.3, 0.4) is 0 Å². The van der Waals surface area contributed by atoms with Crippen molar-refractivity contribution in [1.29, 1.82) is 0 Å². The smallest absolute Gasteiger partial charge is 0.162 e. The maximum absolute atomic E-state index is 13.5. The summed E-state index contributed by atoms with van der Waals surface area (Å²) in [6.45, 7) is 8.80. The van der Waals surface area contributed by atoms with Gasteiger partial charge in [-0.2, -0.15) is 0 Å². The molecule has 2 aliphatic carbocycles. The van der Waals surface area contributed by atoms with Crippen LogP contribution in [0, 0.1) is 10.8 Å². The van der Waals surface area contributed by atoms with Crippen molar-refractivity contribution in [3.05, 3.63) is 81.2 Å². The van der Waals surface area contributed by atoms with Gasteiger partial charge in [-0.05, 0) is 47.4 Å². The van der Waals surface area contributed by atoms with Crippen LogP contribution in [0.2, 0.25) is 5.02 Å². The predicted molar refractivity (Wildman–Crippen MR) is 145 cm³/mol. The van der Waals surface area contributed by atoms with E-state index in [1.165, 1.54) is 0 Å². The lowest BCUT2D eigenvalue weighted by molar-refractivity contribution is -0.119. The number of carbonyl (C=O) groups excluding carboxylic acids is 2. The van der Waals surface area contributed by atoms with Crippen molar-refractivity contribution >= 4 is 23.2 Å². The number of dihydropyridines is 1. The van der Waals surface area contributed by atoms with E-state index >= 15 is 0 Å². The monoisotopic (exact) mass is 519 g/mol. The van der Waals surface area contributed by atoms with E-state index in [9.17, 15) is 9.59 Å². The van der Waals surface area contributed by atoms with Crippen molar-refractivity contribution < 1.29 is 19.1 Å². The number of nitrogens with one attached hydrogen (secondary N) is 1. The highest BCUT2D eigenvalue weighted by Crippen LogP contribution is 2.51. The first kappa shape index (κ1) is 25.6. The van der Waals surface area contributed by atoms with Gasteiger partial charge in [0.1, 0.15) is 6.61 Å². The summed E-state index contributed by atoms with van der Waals surface area (Å²) >= 11 is 6.30. The first-order valence-corrected chi connectivity index (χ1v) is 13.2. The van der Waals surface area contributed by atoms with Crippen molar-refractivity contribution in [3.8, 4) is 11.5 Å². The summed E-state index contributed by atoms with van der Waals surface area (Å²) in [7, 11) is 1.60. The molecule has 3 aliphatic rings. The number of hydrogen-bond donors (Lipinski definition) is 1. The van der Waals surface area contributed by atoms with E-state index in [4.69, 9.17) is 21.1 Å². The topological polar surface area (TPSA) is 64.6 Å². The highest BCUT2D eigenvalue weighted by molar-refractivity contribution is 6.31. The molecule has 0 aromatic heterocycles. The summed E-state index contributed by atoms with van der Waals surface area (Å²) in [5.74, 6) is 0.928. The molecule has 1 heterocycles. The summed E-state index contributed by atoms with van der Waals surface area (Å²) in [6.07, 6.45) is 2.46. The van der Waals surface area contributed by atoms with E-state index < -0.39 is 5.92 Å². The molecule has 6 heteroatoms. The Kier molecular flexibility index (Phi) is 6.47. The molecule has 1 aliphatic heterocycles. The lowest BCUT2D eigenvalue weighted by atomic mass is 9.64. The Bertz CT molecular complexity index is 1300. The van der Waals surface area contributed by atoms with Gasteiger partial charge in [-0.1, -0.05) is 63.6 Å². The van der Waals surface area contributed by atoms with Crippen LogP contribution in [0.1, 0.15) is 70.4 Å². The molecule has 5 nitrogen and oxygen atoms in total. The minimum absolute atomic E-state index is 0.103. The number of ether oxygens (including phenoxy) is 2. The van der Waals surface area contributed by atoms with Gasteiger partial charge < -0.3 is 14.8 Å². The quantitative estimate of drug-likeness (QED) is 0.465. The highest BCUT2D eigenvalue weighted by Gasteiger charge is 2.46. The number of methoxy groups -OCH3 is 1. The Labute approximate surface area is 223 Å². The summed E-state index contributed by atoms with van der Waals surface area (Å²) in [5.41, 5.74) is 4.83. The molecule has 0 unspecified atom stereocenters. The third-order valence-electron chi connectivity index (χ3n) is 7.58. The maximum Gasteiger partial charge on any atom is 0.162 e. The van der Waals surface area contributed by atoms with Gasteiger partial charge in [-0.3, -0.25) is 9.59 Å². The van der Waals surface area contributed by atoms with E-state index in [2.05, 4.69) is 33.0 Å². The Morgan fingerprint density at radius 2 is 1.46 bits per heavy atom. The zero-order valence-electron chi connectivity index (χ0n) is 22.2. The molecule has 0 radical (unpaired) electrons. The van der Waals surface area contributed by atoms with E-state index in [0.717, 1.165) is 46.5 Å². The molecule has 2 aromatic carbocycles. The van der Waals surface area contributed by atoms with E-state index in [-0.39, 0.29) is 22.4 Å². The molecule has 0 amide bonds. The van der Waals surface area contributed by atoms with Crippen LogP contribution in [0.5, 0.6) is 11.5 Å². The molecule has 5 rings (SSSR count). The number of halogens is 1. The van der Waals surface area contributed by atoms with Gasteiger partial charge in [0.2, 0.25) is 0 Å². The lowest BCUT2D eigenvalue weighted by Crippen LogP contribution is -2.42. The Morgan fingerprint density at radius 3 is 2.03 bits per heavy atom. The van der Waals surface area contributed by atoms with Gasteiger partial charge in [0.15, 0.2) is 23.1 Å². The summed E-state index contributed by atoms with van der Waals surface area (Å²) < 4.78 is 11.8. The highest BCUT2D eigenvalue weighted by atomic mass is 35.5. The van der Waals surface area contributed by atoms with Crippen molar-refractivity contribution in [3.63, 3.8) is 0 Å². The van der Waals surface area contributed by atoms with Gasteiger partial charge in [0, 0.05) is 51.9 Å². The van der Waals surface area contributed by atoms with Crippen LogP contribution in [0.25, 0.3) is 0 Å². The second-order valence-corrected chi connectivity index (χ2v) is 12.4. The maximum atomic E-state index is 13.5. The fourth-order valence-corrected chi connectivity index (χ4v) is 6.17. The molecule has 2 aromatic rings. The Balaban J connectivity index is 1.56. The van der Waals surface area contributed by atoms with Crippen molar-refractivity contribution in [2.24, 2.45) is 10.8 Å². The van der Waals surface area contributed by atoms with Crippen molar-refractivity contribution in [1.82, 2.24) is 5.32 Å². The largest absolute Gasteiger partial charge is 0.493 e. The van der Waals surface area contributed by atoms with E-state index in [0.29, 0.717) is 36.0 Å². The standard InChI is InChI=1S/C31H34ClNO4/c1-30(2)13-21-28(23(34)15-30)27(29-22(33-21)14-31(3,4)16-24(29)35)18-10-11-25(26(12-18)36-5)37-17-19-8-6-7-9-20(19)32/h6-12,27,33H,13-17H2,1-5H3. The number of ketones is 2. The molecule has 194 valence electrons. The second kappa shape index (κ2) is 9.36. The summed E-state index contributed by atoms with van der Waals surface area (Å²) in [6, 6.07) is 13.3. The van der Waals surface area contributed by atoms with Crippen LogP contribution < -0.4 is 14.8 Å². The number of carbonyl (C=O) groups is 2. The number of rotatable bonds is 5. The molecule has 0 saturated carbocycles. The minimum atomic E-state index is -0.412. The normalized spacial score (nSPS) is 20.8. The van der Waals surface area contributed by atoms with Gasteiger partial charge in [-0.15, -0.1) is 0 Å². The average molecular weight is 520 g/mol. The van der Waals surface area contributed by atoms with Crippen LogP contribution in [-0.4, -0.2) is 18.7 Å². The van der Waals surface area contributed by atoms with E-state index in [1.54, 1.807) is 7.11 Å². The molecule has 0 bridgehead atoms. The summed E-state index contributed by atoms with van der Waals surface area (Å²) in [5, 5.41) is 4.20. The molecule has 0 spiro atoms. The van der Waals surface area contributed by atoms with Gasteiger partial charge in [0.05, 0.1) is 7.11 Å². The zero-order chi connectivity index (χ0) is 26.5. The second-order valence-electron chi connectivity index (χ2n) is 12.0. The molecule has 0 atom stereocenters. The van der Waals surface area contributed by atoms with Gasteiger partial charge in [0.25, 0.3) is 0 Å². The van der Waals surface area contributed by atoms with Crippen LogP contribution in [-0.2, 0) is 16.2 Å². The minimum Gasteiger partial charge on any atom is -0.493 e. The Hall–Kier alpha value is -3.05. The predicted octanol–water partition coefficient (Wildman–Crippen LogP) is 6.90. The summed E-state index contributed by atoms with van der Waals surface area (Å²) in [4.78, 5) is 27.1. The lowest BCUT2D eigenvalue weighted by Gasteiger charge is -2.44. The molecular weight excluding hydrogens is 486 g/mol. The average Bonchev–Trinajstić information content (AvgIpc) is 2.80. The zero-order valence-corrected chi connectivity index (χ0v) is 22.9. The van der Waals surface area contributed by atoms with Crippen molar-refractivity contribution in [2.45, 2.75) is 65.9 Å². The SMILES string of the molecule is COc1cc(C2C3=C(CC(C)(C)CC3=O)NC3=C2C(=O)CC(C)(C)C3)ccc1OCc1ccccc1Cl. The van der Waals surface area contributed by atoms with Gasteiger partial charge >= 0.3 is 0 Å². The first-order valence-electron chi connectivity index (χ1n) is 12.8.